The second kappa shape index (κ2) is 5.74. The Morgan fingerprint density at radius 3 is 2.15 bits per heavy atom. The lowest BCUT2D eigenvalue weighted by atomic mass is 9.90. The van der Waals surface area contributed by atoms with E-state index in [0.717, 1.165) is 12.8 Å². The Morgan fingerprint density at radius 1 is 1.15 bits per heavy atom. The first-order valence-electron chi connectivity index (χ1n) is 4.80. The van der Waals surface area contributed by atoms with Gasteiger partial charge in [-0.25, -0.2) is 0 Å². The Bertz CT molecular complexity index is 204. The lowest BCUT2D eigenvalue weighted by molar-refractivity contribution is -0.121. The highest BCUT2D eigenvalue weighted by Crippen LogP contribution is 2.15. The van der Waals surface area contributed by atoms with Gasteiger partial charge in [-0.3, -0.25) is 4.79 Å². The van der Waals surface area contributed by atoms with Gasteiger partial charge in [-0.05, 0) is 25.8 Å². The van der Waals surface area contributed by atoms with Crippen LogP contribution in [0.25, 0.3) is 0 Å². The topological polar surface area (TPSA) is 17.1 Å². The van der Waals surface area contributed by atoms with Crippen molar-refractivity contribution in [1.29, 1.82) is 0 Å². The predicted molar refractivity (Wildman–Crippen MR) is 57.7 cm³/mol. The molecule has 0 aliphatic carbocycles. The van der Waals surface area contributed by atoms with Crippen molar-refractivity contribution in [2.24, 2.45) is 5.41 Å². The summed E-state index contributed by atoms with van der Waals surface area (Å²) in [6.07, 6.45) is 9.75. The van der Waals surface area contributed by atoms with Crippen LogP contribution in [0.4, 0.5) is 0 Å². The first-order chi connectivity index (χ1) is 5.98. The molecule has 0 N–H and O–H groups in total. The minimum atomic E-state index is -0.239. The molecule has 0 spiro atoms. The van der Waals surface area contributed by atoms with Gasteiger partial charge >= 0.3 is 0 Å². The number of carbonyl (C=O) groups is 1. The Balaban J connectivity index is 3.79. The number of hydrogen-bond acceptors (Lipinski definition) is 1. The summed E-state index contributed by atoms with van der Waals surface area (Å²) < 4.78 is 0. The summed E-state index contributed by atoms with van der Waals surface area (Å²) in [5, 5.41) is 0. The largest absolute Gasteiger partial charge is 0.294 e. The molecule has 0 aliphatic heterocycles. The van der Waals surface area contributed by atoms with Crippen LogP contribution < -0.4 is 0 Å². The Labute approximate surface area is 81.5 Å². The summed E-state index contributed by atoms with van der Waals surface area (Å²) >= 11 is 0. The van der Waals surface area contributed by atoms with Crippen molar-refractivity contribution in [3.63, 3.8) is 0 Å². The van der Waals surface area contributed by atoms with Gasteiger partial charge in [-0.2, -0.15) is 0 Å². The van der Waals surface area contributed by atoms with Gasteiger partial charge in [0.05, 0.1) is 0 Å². The molecule has 0 aromatic rings. The number of ketones is 1. The fourth-order valence-electron chi connectivity index (χ4n) is 0.799. The number of allylic oxidation sites excluding steroid dienone is 4. The fourth-order valence-corrected chi connectivity index (χ4v) is 0.799. The van der Waals surface area contributed by atoms with Gasteiger partial charge in [0.2, 0.25) is 0 Å². The van der Waals surface area contributed by atoms with E-state index in [-0.39, 0.29) is 11.2 Å². The average Bonchev–Trinajstić information content (AvgIpc) is 2.02. The molecule has 0 radical (unpaired) electrons. The van der Waals surface area contributed by atoms with E-state index in [0.29, 0.717) is 0 Å². The molecule has 0 atom stereocenters. The standard InChI is InChI=1S/C12H20O/c1-5-6-7-8-9-10-11(13)12(2,3)4/h5-6,9-10H,7-8H2,1-4H3. The minimum Gasteiger partial charge on any atom is -0.294 e. The average molecular weight is 180 g/mol. The van der Waals surface area contributed by atoms with E-state index in [4.69, 9.17) is 0 Å². The van der Waals surface area contributed by atoms with Gasteiger partial charge in [-0.1, -0.05) is 39.0 Å². The van der Waals surface area contributed by atoms with Crippen molar-refractivity contribution in [3.8, 4) is 0 Å². The highest BCUT2D eigenvalue weighted by atomic mass is 16.1. The van der Waals surface area contributed by atoms with Gasteiger partial charge in [0.15, 0.2) is 5.78 Å². The van der Waals surface area contributed by atoms with Gasteiger partial charge in [0, 0.05) is 5.41 Å². The van der Waals surface area contributed by atoms with Crippen LogP contribution in [0.15, 0.2) is 24.3 Å². The van der Waals surface area contributed by atoms with Crippen LogP contribution in [-0.4, -0.2) is 5.78 Å². The molecule has 0 saturated carbocycles. The van der Waals surface area contributed by atoms with Gasteiger partial charge in [0.25, 0.3) is 0 Å². The molecule has 1 nitrogen and oxygen atoms in total. The summed E-state index contributed by atoms with van der Waals surface area (Å²) in [7, 11) is 0. The molecule has 0 aromatic heterocycles. The van der Waals surface area contributed by atoms with Crippen LogP contribution in [0.2, 0.25) is 0 Å². The third-order valence-electron chi connectivity index (χ3n) is 1.74. The van der Waals surface area contributed by atoms with E-state index < -0.39 is 0 Å². The molecule has 0 aromatic carbocycles. The van der Waals surface area contributed by atoms with Crippen molar-refractivity contribution in [2.75, 3.05) is 0 Å². The van der Waals surface area contributed by atoms with E-state index in [1.807, 2.05) is 39.8 Å². The molecule has 0 bridgehead atoms. The van der Waals surface area contributed by atoms with E-state index in [2.05, 4.69) is 6.08 Å². The van der Waals surface area contributed by atoms with Gasteiger partial charge in [-0.15, -0.1) is 0 Å². The van der Waals surface area contributed by atoms with Crippen molar-refractivity contribution in [1.82, 2.24) is 0 Å². The molecular formula is C12H20O. The molecule has 0 fully saturated rings. The molecule has 0 aliphatic rings. The van der Waals surface area contributed by atoms with E-state index in [1.54, 1.807) is 6.08 Å². The second-order valence-electron chi connectivity index (χ2n) is 4.16. The van der Waals surface area contributed by atoms with Crippen LogP contribution >= 0.6 is 0 Å². The first-order valence-corrected chi connectivity index (χ1v) is 4.80. The predicted octanol–water partition coefficient (Wildman–Crippen LogP) is 3.51. The van der Waals surface area contributed by atoms with E-state index >= 15 is 0 Å². The quantitative estimate of drug-likeness (QED) is 0.367. The maximum absolute atomic E-state index is 11.4. The molecule has 0 unspecified atom stereocenters. The Hall–Kier alpha value is -0.850. The molecule has 0 saturated heterocycles. The lowest BCUT2D eigenvalue weighted by Gasteiger charge is -2.12. The van der Waals surface area contributed by atoms with Crippen molar-refractivity contribution in [3.05, 3.63) is 24.3 Å². The van der Waals surface area contributed by atoms with E-state index in [9.17, 15) is 4.79 Å². The fraction of sp³-hybridized carbons (Fsp3) is 0.583. The highest BCUT2D eigenvalue weighted by Gasteiger charge is 2.17. The number of hydrogen-bond donors (Lipinski definition) is 0. The summed E-state index contributed by atoms with van der Waals surface area (Å²) in [6, 6.07) is 0. The van der Waals surface area contributed by atoms with Crippen LogP contribution in [0.1, 0.15) is 40.5 Å². The molecule has 74 valence electrons. The maximum atomic E-state index is 11.4. The van der Waals surface area contributed by atoms with Crippen LogP contribution in [-0.2, 0) is 4.79 Å². The lowest BCUT2D eigenvalue weighted by Crippen LogP contribution is -2.17. The summed E-state index contributed by atoms with van der Waals surface area (Å²) in [5.41, 5.74) is -0.239. The normalized spacial score (nSPS) is 12.9. The number of carbonyl (C=O) groups excluding carboxylic acids is 1. The van der Waals surface area contributed by atoms with Crippen LogP contribution in [0.5, 0.6) is 0 Å². The highest BCUT2D eigenvalue weighted by molar-refractivity contribution is 5.93. The van der Waals surface area contributed by atoms with Gasteiger partial charge in [0.1, 0.15) is 0 Å². The van der Waals surface area contributed by atoms with E-state index in [1.165, 1.54) is 0 Å². The summed E-state index contributed by atoms with van der Waals surface area (Å²) in [5.74, 6) is 0.202. The van der Waals surface area contributed by atoms with Crippen molar-refractivity contribution >= 4 is 5.78 Å². The number of unbranched alkanes of at least 4 members (excludes halogenated alkanes) is 1. The molecular weight excluding hydrogens is 160 g/mol. The smallest absolute Gasteiger partial charge is 0.160 e. The Morgan fingerprint density at radius 2 is 1.69 bits per heavy atom. The third-order valence-corrected chi connectivity index (χ3v) is 1.74. The first kappa shape index (κ1) is 12.2. The zero-order valence-electron chi connectivity index (χ0n) is 9.13. The van der Waals surface area contributed by atoms with Crippen LogP contribution in [0.3, 0.4) is 0 Å². The SMILES string of the molecule is CC=CCCC=CC(=O)C(C)(C)C. The van der Waals surface area contributed by atoms with Crippen molar-refractivity contribution in [2.45, 2.75) is 40.5 Å². The molecule has 0 amide bonds. The Kier molecular flexibility index (Phi) is 5.36. The molecule has 13 heavy (non-hydrogen) atoms. The minimum absolute atomic E-state index is 0.202. The van der Waals surface area contributed by atoms with Gasteiger partial charge < -0.3 is 0 Å². The second-order valence-corrected chi connectivity index (χ2v) is 4.16. The molecule has 0 rings (SSSR count). The molecule has 0 heterocycles. The van der Waals surface area contributed by atoms with Crippen molar-refractivity contribution < 1.29 is 4.79 Å². The third kappa shape index (κ3) is 6.32. The zero-order valence-corrected chi connectivity index (χ0v) is 9.13. The summed E-state index contributed by atoms with van der Waals surface area (Å²) in [6.45, 7) is 7.81. The molecule has 1 heteroatoms. The van der Waals surface area contributed by atoms with Crippen LogP contribution in [0, 0.1) is 5.41 Å². The monoisotopic (exact) mass is 180 g/mol. The zero-order chi connectivity index (χ0) is 10.3. The number of rotatable bonds is 4. The maximum Gasteiger partial charge on any atom is 0.160 e. The summed E-state index contributed by atoms with van der Waals surface area (Å²) in [4.78, 5) is 11.4.